The molecule has 2 aromatic carbocycles. The van der Waals surface area contributed by atoms with Crippen molar-refractivity contribution in [1.29, 1.82) is 0 Å². The normalized spacial score (nSPS) is 12.1. The highest BCUT2D eigenvalue weighted by Gasteiger charge is 2.30. The first-order valence-corrected chi connectivity index (χ1v) is 11.6. The quantitative estimate of drug-likeness (QED) is 0.317. The number of rotatable bonds is 9. The standard InChI is InChI=1S/C24H24F3N5O2S/c1-4-12-32-21(16(3)28-22(34)17-10-8-15(2)9-11-17)30-31-23(32)35-14-20(33)29-19-7-5-6-18(13-19)24(25,26)27/h4-11,13,16H,1,12,14H2,2-3H3,(H,28,34)(H,29,33)/t16-/m0/s1. The van der Waals surface area contributed by atoms with Crippen molar-refractivity contribution in [2.45, 2.75) is 37.8 Å². The minimum atomic E-state index is -4.50. The Morgan fingerprint density at radius 3 is 2.54 bits per heavy atom. The molecular formula is C24H24F3N5O2S. The molecule has 0 radical (unpaired) electrons. The van der Waals surface area contributed by atoms with E-state index in [2.05, 4.69) is 27.4 Å². The molecule has 1 aromatic heterocycles. The van der Waals surface area contributed by atoms with Crippen LogP contribution in [0.25, 0.3) is 0 Å². The van der Waals surface area contributed by atoms with Crippen LogP contribution in [0.1, 0.15) is 40.3 Å². The molecule has 2 N–H and O–H groups in total. The fourth-order valence-electron chi connectivity index (χ4n) is 3.18. The first kappa shape index (κ1) is 26.0. The number of aromatic nitrogens is 3. The Morgan fingerprint density at radius 1 is 1.17 bits per heavy atom. The summed E-state index contributed by atoms with van der Waals surface area (Å²) >= 11 is 1.07. The van der Waals surface area contributed by atoms with Crippen molar-refractivity contribution >= 4 is 29.3 Å². The van der Waals surface area contributed by atoms with E-state index in [-0.39, 0.29) is 17.3 Å². The number of nitrogens with one attached hydrogen (secondary N) is 2. The lowest BCUT2D eigenvalue weighted by Crippen LogP contribution is -2.28. The van der Waals surface area contributed by atoms with Crippen LogP contribution in [0.4, 0.5) is 18.9 Å². The Balaban J connectivity index is 1.66. The van der Waals surface area contributed by atoms with Gasteiger partial charge in [-0.05, 0) is 44.2 Å². The van der Waals surface area contributed by atoms with Gasteiger partial charge in [0.2, 0.25) is 5.91 Å². The smallest absolute Gasteiger partial charge is 0.342 e. The average molecular weight is 504 g/mol. The van der Waals surface area contributed by atoms with Gasteiger partial charge in [-0.2, -0.15) is 13.2 Å². The predicted octanol–water partition coefficient (Wildman–Crippen LogP) is 5.01. The number of alkyl halides is 3. The van der Waals surface area contributed by atoms with Gasteiger partial charge in [-0.3, -0.25) is 9.59 Å². The highest BCUT2D eigenvalue weighted by atomic mass is 32.2. The number of allylic oxidation sites excluding steroid dienone is 1. The number of hydrogen-bond acceptors (Lipinski definition) is 5. The van der Waals surface area contributed by atoms with Gasteiger partial charge < -0.3 is 15.2 Å². The molecule has 7 nitrogen and oxygen atoms in total. The SMILES string of the molecule is C=CCn1c(SCC(=O)Nc2cccc(C(F)(F)F)c2)nnc1[C@H](C)NC(=O)c1ccc(C)cc1. The van der Waals surface area contributed by atoms with E-state index < -0.39 is 23.7 Å². The molecule has 35 heavy (non-hydrogen) atoms. The zero-order valence-corrected chi connectivity index (χ0v) is 19.9. The summed E-state index contributed by atoms with van der Waals surface area (Å²) in [5.41, 5.74) is 0.753. The van der Waals surface area contributed by atoms with Gasteiger partial charge in [0.05, 0.1) is 17.4 Å². The molecule has 1 heterocycles. The van der Waals surface area contributed by atoms with Crippen LogP contribution in [-0.2, 0) is 17.5 Å². The maximum absolute atomic E-state index is 12.9. The fourth-order valence-corrected chi connectivity index (χ4v) is 3.93. The molecule has 0 aliphatic heterocycles. The van der Waals surface area contributed by atoms with Gasteiger partial charge >= 0.3 is 6.18 Å². The number of halogens is 3. The summed E-state index contributed by atoms with van der Waals surface area (Å²) in [7, 11) is 0. The molecule has 0 fully saturated rings. The summed E-state index contributed by atoms with van der Waals surface area (Å²) in [6.07, 6.45) is -2.87. The summed E-state index contributed by atoms with van der Waals surface area (Å²) in [4.78, 5) is 24.9. The summed E-state index contributed by atoms with van der Waals surface area (Å²) in [5, 5.41) is 14.0. The minimum absolute atomic E-state index is 0.0473. The molecule has 0 spiro atoms. The van der Waals surface area contributed by atoms with Gasteiger partial charge in [0.15, 0.2) is 11.0 Å². The predicted molar refractivity (Wildman–Crippen MR) is 128 cm³/mol. The molecule has 0 saturated carbocycles. The fraction of sp³-hybridized carbons (Fsp3) is 0.250. The molecule has 3 aromatic rings. The first-order valence-electron chi connectivity index (χ1n) is 10.6. The number of thioether (sulfide) groups is 1. The van der Waals surface area contributed by atoms with E-state index in [4.69, 9.17) is 0 Å². The Morgan fingerprint density at radius 2 is 1.89 bits per heavy atom. The van der Waals surface area contributed by atoms with Crippen molar-refractivity contribution in [2.75, 3.05) is 11.1 Å². The van der Waals surface area contributed by atoms with Crippen molar-refractivity contribution in [3.63, 3.8) is 0 Å². The van der Waals surface area contributed by atoms with E-state index in [0.29, 0.717) is 23.1 Å². The van der Waals surface area contributed by atoms with E-state index in [9.17, 15) is 22.8 Å². The minimum Gasteiger partial charge on any atom is -0.342 e. The first-order chi connectivity index (χ1) is 16.6. The number of carbonyl (C=O) groups excluding carboxylic acids is 2. The molecule has 11 heteroatoms. The van der Waals surface area contributed by atoms with Crippen LogP contribution in [0, 0.1) is 6.92 Å². The van der Waals surface area contributed by atoms with E-state index in [1.807, 2.05) is 19.1 Å². The molecule has 0 bridgehead atoms. The Kier molecular flexibility index (Phi) is 8.34. The van der Waals surface area contributed by atoms with E-state index in [0.717, 1.165) is 29.5 Å². The second kappa shape index (κ2) is 11.2. The molecule has 0 saturated heterocycles. The van der Waals surface area contributed by atoms with Crippen LogP contribution in [0.15, 0.2) is 66.3 Å². The number of carbonyl (C=O) groups is 2. The Bertz CT molecular complexity index is 1210. The van der Waals surface area contributed by atoms with Crippen molar-refractivity contribution in [3.05, 3.63) is 83.7 Å². The van der Waals surface area contributed by atoms with Crippen molar-refractivity contribution in [3.8, 4) is 0 Å². The average Bonchev–Trinajstić information content (AvgIpc) is 3.20. The lowest BCUT2D eigenvalue weighted by atomic mass is 10.1. The lowest BCUT2D eigenvalue weighted by Gasteiger charge is -2.15. The third kappa shape index (κ3) is 6.95. The summed E-state index contributed by atoms with van der Waals surface area (Å²) in [5.74, 6) is -0.383. The lowest BCUT2D eigenvalue weighted by molar-refractivity contribution is -0.137. The van der Waals surface area contributed by atoms with Crippen LogP contribution in [-0.4, -0.2) is 32.3 Å². The van der Waals surface area contributed by atoms with Gasteiger partial charge in [-0.25, -0.2) is 0 Å². The molecule has 0 unspecified atom stereocenters. The monoisotopic (exact) mass is 503 g/mol. The van der Waals surface area contributed by atoms with Crippen LogP contribution in [0.3, 0.4) is 0 Å². The molecule has 0 aliphatic carbocycles. The maximum Gasteiger partial charge on any atom is 0.416 e. The Labute approximate surface area is 204 Å². The van der Waals surface area contributed by atoms with E-state index in [1.165, 1.54) is 12.1 Å². The highest BCUT2D eigenvalue weighted by molar-refractivity contribution is 7.99. The largest absolute Gasteiger partial charge is 0.416 e. The number of nitrogens with zero attached hydrogens (tertiary/aromatic N) is 3. The van der Waals surface area contributed by atoms with Gasteiger partial charge in [-0.1, -0.05) is 41.6 Å². The molecule has 0 aliphatic rings. The summed E-state index contributed by atoms with van der Waals surface area (Å²) in [6, 6.07) is 11.1. The topological polar surface area (TPSA) is 88.9 Å². The number of hydrogen-bond donors (Lipinski definition) is 2. The molecule has 184 valence electrons. The van der Waals surface area contributed by atoms with Gasteiger partial charge in [-0.15, -0.1) is 16.8 Å². The van der Waals surface area contributed by atoms with Crippen LogP contribution >= 0.6 is 11.8 Å². The van der Waals surface area contributed by atoms with Gasteiger partial charge in [0.25, 0.3) is 5.91 Å². The van der Waals surface area contributed by atoms with Gasteiger partial charge in [0, 0.05) is 17.8 Å². The number of aryl methyl sites for hydroxylation is 1. The van der Waals surface area contributed by atoms with Crippen molar-refractivity contribution < 1.29 is 22.8 Å². The number of benzene rings is 2. The third-order valence-corrected chi connectivity index (χ3v) is 5.88. The van der Waals surface area contributed by atoms with E-state index >= 15 is 0 Å². The molecular weight excluding hydrogens is 479 g/mol. The highest BCUT2D eigenvalue weighted by Crippen LogP contribution is 2.30. The number of amides is 2. The third-order valence-electron chi connectivity index (χ3n) is 4.91. The van der Waals surface area contributed by atoms with Crippen molar-refractivity contribution in [2.24, 2.45) is 0 Å². The zero-order chi connectivity index (χ0) is 25.6. The second-order valence-electron chi connectivity index (χ2n) is 7.72. The summed E-state index contributed by atoms with van der Waals surface area (Å²) < 4.78 is 40.4. The van der Waals surface area contributed by atoms with Crippen LogP contribution in [0.5, 0.6) is 0 Å². The van der Waals surface area contributed by atoms with Crippen LogP contribution in [0.2, 0.25) is 0 Å². The van der Waals surface area contributed by atoms with Crippen molar-refractivity contribution in [1.82, 2.24) is 20.1 Å². The second-order valence-corrected chi connectivity index (χ2v) is 8.66. The number of anilines is 1. The molecule has 2 amide bonds. The zero-order valence-electron chi connectivity index (χ0n) is 19.1. The maximum atomic E-state index is 12.9. The van der Waals surface area contributed by atoms with Crippen LogP contribution < -0.4 is 10.6 Å². The Hall–Kier alpha value is -3.60. The van der Waals surface area contributed by atoms with E-state index in [1.54, 1.807) is 29.7 Å². The summed E-state index contributed by atoms with van der Waals surface area (Å²) in [6.45, 7) is 7.77. The molecule has 3 rings (SSSR count). The van der Waals surface area contributed by atoms with Gasteiger partial charge in [0.1, 0.15) is 0 Å². The molecule has 1 atom stereocenters.